The fraction of sp³-hybridized carbons (Fsp3) is 0.152. The lowest BCUT2D eigenvalue weighted by Gasteiger charge is -2.27. The lowest BCUT2D eigenvalue weighted by atomic mass is 9.83. The van der Waals surface area contributed by atoms with Crippen molar-refractivity contribution in [1.29, 1.82) is 5.26 Å². The maximum atomic E-state index is 13.3. The smallest absolute Gasteiger partial charge is 0.343 e. The number of hydrogen-bond acceptors (Lipinski definition) is 7. The molecular formula is C33H27FN2O5. The van der Waals surface area contributed by atoms with Gasteiger partial charge < -0.3 is 24.7 Å². The van der Waals surface area contributed by atoms with Crippen LogP contribution in [-0.2, 0) is 6.61 Å². The van der Waals surface area contributed by atoms with E-state index < -0.39 is 11.9 Å². The van der Waals surface area contributed by atoms with Crippen molar-refractivity contribution in [2.45, 2.75) is 26.4 Å². The zero-order valence-corrected chi connectivity index (χ0v) is 22.5. The minimum atomic E-state index is -0.559. The molecule has 206 valence electrons. The monoisotopic (exact) mass is 550 g/mol. The minimum absolute atomic E-state index is 0.0402. The fourth-order valence-corrected chi connectivity index (χ4v) is 4.53. The zero-order chi connectivity index (χ0) is 28.9. The molecule has 1 aliphatic heterocycles. The number of benzene rings is 4. The molecule has 0 bridgehead atoms. The summed E-state index contributed by atoms with van der Waals surface area (Å²) in [7, 11) is 0. The van der Waals surface area contributed by atoms with E-state index in [0.29, 0.717) is 35.0 Å². The Morgan fingerprint density at radius 3 is 2.44 bits per heavy atom. The number of allylic oxidation sites excluding steroid dienone is 1. The Morgan fingerprint density at radius 2 is 1.73 bits per heavy atom. The summed E-state index contributed by atoms with van der Waals surface area (Å²) in [5.41, 5.74) is 10.1. The van der Waals surface area contributed by atoms with Gasteiger partial charge in [-0.05, 0) is 67.4 Å². The fourth-order valence-electron chi connectivity index (χ4n) is 4.53. The van der Waals surface area contributed by atoms with Crippen LogP contribution in [0.2, 0.25) is 0 Å². The van der Waals surface area contributed by atoms with E-state index in [1.165, 1.54) is 12.1 Å². The molecule has 0 fully saturated rings. The third kappa shape index (κ3) is 5.99. The number of nitrogens with two attached hydrogens (primary N) is 1. The van der Waals surface area contributed by atoms with Crippen LogP contribution in [0.5, 0.6) is 23.0 Å². The molecule has 0 spiro atoms. The SMILES string of the molecule is CCOc1cc(C2C(C#N)=C(N)Oc3cc(OC(=O)c4ccc(C)cc4)ccc32)ccc1OCc1ccc(F)cc1. The number of ether oxygens (including phenoxy) is 4. The summed E-state index contributed by atoms with van der Waals surface area (Å²) in [4.78, 5) is 12.6. The molecule has 8 heteroatoms. The molecule has 0 aliphatic carbocycles. The van der Waals surface area contributed by atoms with E-state index in [1.807, 2.05) is 32.0 Å². The van der Waals surface area contributed by atoms with Gasteiger partial charge >= 0.3 is 5.97 Å². The van der Waals surface area contributed by atoms with Gasteiger partial charge in [0.15, 0.2) is 11.5 Å². The summed E-state index contributed by atoms with van der Waals surface area (Å²) in [5, 5.41) is 9.98. The molecule has 0 aromatic heterocycles. The number of rotatable bonds is 8. The van der Waals surface area contributed by atoms with E-state index in [-0.39, 0.29) is 29.6 Å². The quantitative estimate of drug-likeness (QED) is 0.196. The van der Waals surface area contributed by atoms with E-state index in [1.54, 1.807) is 54.6 Å². The van der Waals surface area contributed by atoms with Gasteiger partial charge in [0.05, 0.1) is 18.1 Å². The molecular weight excluding hydrogens is 523 g/mol. The van der Waals surface area contributed by atoms with Gasteiger partial charge in [-0.2, -0.15) is 5.26 Å². The Labute approximate surface area is 237 Å². The van der Waals surface area contributed by atoms with Gasteiger partial charge in [0.1, 0.15) is 35.6 Å². The second kappa shape index (κ2) is 11.8. The lowest BCUT2D eigenvalue weighted by molar-refractivity contribution is 0.0734. The second-order valence-electron chi connectivity index (χ2n) is 9.43. The topological polar surface area (TPSA) is 104 Å². The van der Waals surface area contributed by atoms with Gasteiger partial charge in [-0.1, -0.05) is 42.0 Å². The molecule has 1 atom stereocenters. The van der Waals surface area contributed by atoms with Gasteiger partial charge in [-0.25, -0.2) is 9.18 Å². The molecule has 2 N–H and O–H groups in total. The maximum Gasteiger partial charge on any atom is 0.343 e. The van der Waals surface area contributed by atoms with Gasteiger partial charge in [0.2, 0.25) is 5.88 Å². The van der Waals surface area contributed by atoms with Crippen molar-refractivity contribution in [3.63, 3.8) is 0 Å². The molecule has 0 saturated heterocycles. The van der Waals surface area contributed by atoms with E-state index in [2.05, 4.69) is 6.07 Å². The summed E-state index contributed by atoms with van der Waals surface area (Å²) in [6, 6.07) is 25.7. The molecule has 1 heterocycles. The largest absolute Gasteiger partial charge is 0.490 e. The number of esters is 1. The first kappa shape index (κ1) is 27.3. The number of fused-ring (bicyclic) bond motifs is 1. The third-order valence-corrected chi connectivity index (χ3v) is 6.60. The van der Waals surface area contributed by atoms with Crippen LogP contribution in [0, 0.1) is 24.1 Å². The van der Waals surface area contributed by atoms with Gasteiger partial charge in [-0.15, -0.1) is 0 Å². The highest BCUT2D eigenvalue weighted by Gasteiger charge is 2.32. The normalized spacial score (nSPS) is 14.0. The molecule has 4 aromatic rings. The van der Waals surface area contributed by atoms with Crippen LogP contribution < -0.4 is 24.7 Å². The molecule has 7 nitrogen and oxygen atoms in total. The van der Waals surface area contributed by atoms with E-state index in [9.17, 15) is 14.4 Å². The van der Waals surface area contributed by atoms with Crippen LogP contribution in [0.3, 0.4) is 0 Å². The highest BCUT2D eigenvalue weighted by atomic mass is 19.1. The number of carbonyl (C=O) groups is 1. The van der Waals surface area contributed by atoms with Crippen molar-refractivity contribution < 1.29 is 28.1 Å². The lowest BCUT2D eigenvalue weighted by Crippen LogP contribution is -2.21. The van der Waals surface area contributed by atoms with Crippen molar-refractivity contribution in [2.24, 2.45) is 5.73 Å². The average Bonchev–Trinajstić information content (AvgIpc) is 2.97. The third-order valence-electron chi connectivity index (χ3n) is 6.60. The van der Waals surface area contributed by atoms with Gasteiger partial charge in [-0.3, -0.25) is 0 Å². The number of nitriles is 1. The Bertz CT molecular complexity index is 1660. The first-order chi connectivity index (χ1) is 19.9. The van der Waals surface area contributed by atoms with Crippen LogP contribution in [0.1, 0.15) is 45.5 Å². The Hall–Kier alpha value is -5.29. The Balaban J connectivity index is 1.44. The molecule has 41 heavy (non-hydrogen) atoms. The number of hydrogen-bond donors (Lipinski definition) is 1. The van der Waals surface area contributed by atoms with Crippen LogP contribution in [0.15, 0.2) is 96.4 Å². The highest BCUT2D eigenvalue weighted by Crippen LogP contribution is 2.45. The van der Waals surface area contributed by atoms with Crippen molar-refractivity contribution >= 4 is 5.97 Å². The van der Waals surface area contributed by atoms with Crippen molar-refractivity contribution in [2.75, 3.05) is 6.61 Å². The maximum absolute atomic E-state index is 13.3. The zero-order valence-electron chi connectivity index (χ0n) is 22.5. The summed E-state index contributed by atoms with van der Waals surface area (Å²) in [5.74, 6) is 0.215. The Kier molecular flexibility index (Phi) is 7.88. The summed E-state index contributed by atoms with van der Waals surface area (Å²) in [6.45, 7) is 4.41. The predicted molar refractivity (Wildman–Crippen MR) is 150 cm³/mol. The standard InChI is InChI=1S/C33H27FN2O5/c1-3-38-30-16-23(10-15-28(30)39-19-21-6-11-24(34)12-7-21)31-26-14-13-25(17-29(26)41-32(36)27(31)18-35)40-33(37)22-8-4-20(2)5-9-22/h4-17,31H,3,19,36H2,1-2H3. The number of carbonyl (C=O) groups excluding carboxylic acids is 1. The summed E-state index contributed by atoms with van der Waals surface area (Å²) < 4.78 is 36.5. The molecule has 0 saturated carbocycles. The molecule has 1 unspecified atom stereocenters. The summed E-state index contributed by atoms with van der Waals surface area (Å²) >= 11 is 0. The molecule has 1 aliphatic rings. The molecule has 5 rings (SSSR count). The van der Waals surface area contributed by atoms with E-state index >= 15 is 0 Å². The van der Waals surface area contributed by atoms with E-state index in [0.717, 1.165) is 16.7 Å². The molecule has 4 aromatic carbocycles. The number of halogens is 1. The first-order valence-electron chi connectivity index (χ1n) is 13.0. The first-order valence-corrected chi connectivity index (χ1v) is 13.0. The number of aryl methyl sites for hydroxylation is 1. The van der Waals surface area contributed by atoms with Gasteiger partial charge in [0.25, 0.3) is 0 Å². The van der Waals surface area contributed by atoms with Crippen molar-refractivity contribution in [3.05, 3.63) is 130 Å². The molecule has 0 amide bonds. The van der Waals surface area contributed by atoms with Gasteiger partial charge in [0, 0.05) is 11.6 Å². The van der Waals surface area contributed by atoms with Crippen molar-refractivity contribution in [3.8, 4) is 29.1 Å². The number of nitrogens with zero attached hydrogens (tertiary/aromatic N) is 1. The predicted octanol–water partition coefficient (Wildman–Crippen LogP) is 6.55. The van der Waals surface area contributed by atoms with Crippen molar-refractivity contribution in [1.82, 2.24) is 0 Å². The van der Waals surface area contributed by atoms with Crippen LogP contribution in [0.4, 0.5) is 4.39 Å². The van der Waals surface area contributed by atoms with Crippen LogP contribution in [0.25, 0.3) is 0 Å². The Morgan fingerprint density at radius 1 is 0.976 bits per heavy atom. The van der Waals surface area contributed by atoms with Crippen LogP contribution >= 0.6 is 0 Å². The minimum Gasteiger partial charge on any atom is -0.490 e. The molecule has 0 radical (unpaired) electrons. The van der Waals surface area contributed by atoms with Crippen LogP contribution in [-0.4, -0.2) is 12.6 Å². The van der Waals surface area contributed by atoms with E-state index in [4.69, 9.17) is 24.7 Å². The highest BCUT2D eigenvalue weighted by molar-refractivity contribution is 5.91. The summed E-state index contributed by atoms with van der Waals surface area (Å²) in [6.07, 6.45) is 0. The second-order valence-corrected chi connectivity index (χ2v) is 9.43. The average molecular weight is 551 g/mol.